The molecular formula is C25H32N2O2. The summed E-state index contributed by atoms with van der Waals surface area (Å²) < 4.78 is 5.84. The van der Waals surface area contributed by atoms with Gasteiger partial charge in [0.05, 0.1) is 13.2 Å². The van der Waals surface area contributed by atoms with Gasteiger partial charge in [0.15, 0.2) is 0 Å². The molecule has 2 aromatic carbocycles. The molecule has 3 rings (SSSR count). The highest BCUT2D eigenvalue weighted by atomic mass is 16.5. The number of nitrogens with one attached hydrogen (secondary N) is 2. The Kier molecular flexibility index (Phi) is 8.80. The normalized spacial score (nSPS) is 13.6. The van der Waals surface area contributed by atoms with Gasteiger partial charge < -0.3 is 15.4 Å². The van der Waals surface area contributed by atoms with E-state index in [1.54, 1.807) is 0 Å². The van der Waals surface area contributed by atoms with Gasteiger partial charge in [0, 0.05) is 11.8 Å². The van der Waals surface area contributed by atoms with Crippen LogP contribution in [-0.4, -0.2) is 25.6 Å². The first-order chi connectivity index (χ1) is 14.3. The average molecular weight is 393 g/mol. The number of rotatable bonds is 11. The fourth-order valence-corrected chi connectivity index (χ4v) is 3.56. The number of ether oxygens (including phenoxy) is 1. The molecule has 2 aromatic rings. The van der Waals surface area contributed by atoms with Crippen molar-refractivity contribution in [3.05, 3.63) is 71.8 Å². The second-order valence-corrected chi connectivity index (χ2v) is 7.55. The maximum Gasteiger partial charge on any atom is 0.238 e. The van der Waals surface area contributed by atoms with E-state index in [1.807, 2.05) is 30.3 Å². The van der Waals surface area contributed by atoms with Crippen molar-refractivity contribution in [1.29, 1.82) is 0 Å². The molecule has 4 heteroatoms. The van der Waals surface area contributed by atoms with Crippen LogP contribution in [0.1, 0.15) is 44.1 Å². The monoisotopic (exact) mass is 392 g/mol. The molecule has 29 heavy (non-hydrogen) atoms. The molecule has 0 radical (unpaired) electrons. The number of amides is 1. The van der Waals surface area contributed by atoms with E-state index in [9.17, 15) is 4.79 Å². The van der Waals surface area contributed by atoms with Gasteiger partial charge in [-0.2, -0.15) is 0 Å². The molecule has 0 spiro atoms. The minimum atomic E-state index is -0.0242. The van der Waals surface area contributed by atoms with Crippen molar-refractivity contribution in [2.75, 3.05) is 25.0 Å². The summed E-state index contributed by atoms with van der Waals surface area (Å²) in [5.41, 5.74) is 3.62. The van der Waals surface area contributed by atoms with E-state index in [0.29, 0.717) is 13.2 Å². The van der Waals surface area contributed by atoms with E-state index in [0.717, 1.165) is 37.2 Å². The Morgan fingerprint density at radius 1 is 1.00 bits per heavy atom. The number of aryl methyl sites for hydroxylation is 1. The van der Waals surface area contributed by atoms with Gasteiger partial charge in [-0.25, -0.2) is 0 Å². The van der Waals surface area contributed by atoms with Crippen LogP contribution in [0.5, 0.6) is 5.75 Å². The standard InChI is InChI=1S/C25H32N2O2/c28-25(20-26-17-16-22-11-5-2-6-12-22)27-23-14-7-15-24(19-23)29-18-8-13-21-9-3-1-4-10-21/h1,3-4,7,9-11,14-15,19,26H,2,5-6,8,12-13,16-18,20H2,(H,27,28). The van der Waals surface area contributed by atoms with E-state index in [4.69, 9.17) is 4.74 Å². The van der Waals surface area contributed by atoms with Gasteiger partial charge in [-0.1, -0.05) is 48.0 Å². The molecule has 0 atom stereocenters. The zero-order valence-electron chi connectivity index (χ0n) is 17.2. The molecule has 0 heterocycles. The summed E-state index contributed by atoms with van der Waals surface area (Å²) in [6.45, 7) is 1.84. The highest BCUT2D eigenvalue weighted by Crippen LogP contribution is 2.19. The minimum absolute atomic E-state index is 0.0242. The van der Waals surface area contributed by atoms with Gasteiger partial charge in [0.25, 0.3) is 0 Å². The smallest absolute Gasteiger partial charge is 0.238 e. The topological polar surface area (TPSA) is 50.4 Å². The molecule has 154 valence electrons. The van der Waals surface area contributed by atoms with E-state index < -0.39 is 0 Å². The van der Waals surface area contributed by atoms with Gasteiger partial charge in [0.2, 0.25) is 5.91 Å². The molecular weight excluding hydrogens is 360 g/mol. The Bertz CT molecular complexity index is 786. The Balaban J connectivity index is 1.33. The van der Waals surface area contributed by atoms with E-state index in [2.05, 4.69) is 41.0 Å². The van der Waals surface area contributed by atoms with E-state index in [-0.39, 0.29) is 5.91 Å². The van der Waals surface area contributed by atoms with Crippen molar-refractivity contribution in [2.45, 2.75) is 44.9 Å². The molecule has 0 aromatic heterocycles. The van der Waals surface area contributed by atoms with Gasteiger partial charge in [0.1, 0.15) is 5.75 Å². The molecule has 2 N–H and O–H groups in total. The third kappa shape index (κ3) is 8.12. The molecule has 4 nitrogen and oxygen atoms in total. The molecule has 0 unspecified atom stereocenters. The maximum absolute atomic E-state index is 12.2. The number of anilines is 1. The average Bonchev–Trinajstić information content (AvgIpc) is 2.76. The number of allylic oxidation sites excluding steroid dienone is 1. The van der Waals surface area contributed by atoms with Crippen molar-refractivity contribution in [3.8, 4) is 5.75 Å². The predicted octanol–water partition coefficient (Wildman–Crippen LogP) is 5.12. The van der Waals surface area contributed by atoms with Crippen molar-refractivity contribution >= 4 is 11.6 Å². The lowest BCUT2D eigenvalue weighted by molar-refractivity contribution is -0.115. The van der Waals surface area contributed by atoms with Gasteiger partial charge in [-0.15, -0.1) is 0 Å². The lowest BCUT2D eigenvalue weighted by Gasteiger charge is -2.13. The summed E-state index contributed by atoms with van der Waals surface area (Å²) in [7, 11) is 0. The van der Waals surface area contributed by atoms with Crippen LogP contribution in [0.2, 0.25) is 0 Å². The first kappa shape index (κ1) is 21.1. The Labute approximate surface area is 174 Å². The molecule has 1 aliphatic rings. The van der Waals surface area contributed by atoms with Crippen molar-refractivity contribution in [3.63, 3.8) is 0 Å². The molecule has 1 aliphatic carbocycles. The molecule has 1 amide bonds. The Morgan fingerprint density at radius 2 is 1.90 bits per heavy atom. The van der Waals surface area contributed by atoms with E-state index >= 15 is 0 Å². The van der Waals surface area contributed by atoms with Gasteiger partial charge in [-0.05, 0) is 69.2 Å². The lowest BCUT2D eigenvalue weighted by atomic mass is 9.97. The first-order valence-corrected chi connectivity index (χ1v) is 10.7. The third-order valence-electron chi connectivity index (χ3n) is 5.13. The van der Waals surface area contributed by atoms with Crippen LogP contribution in [0.4, 0.5) is 5.69 Å². The quantitative estimate of drug-likeness (QED) is 0.412. The van der Waals surface area contributed by atoms with Crippen LogP contribution in [0.25, 0.3) is 0 Å². The summed E-state index contributed by atoms with van der Waals surface area (Å²) in [6, 6.07) is 18.0. The summed E-state index contributed by atoms with van der Waals surface area (Å²) in [5.74, 6) is 0.761. The van der Waals surface area contributed by atoms with Crippen molar-refractivity contribution < 1.29 is 9.53 Å². The zero-order chi connectivity index (χ0) is 20.2. The number of carbonyl (C=O) groups is 1. The number of carbonyl (C=O) groups excluding carboxylic acids is 1. The lowest BCUT2D eigenvalue weighted by Crippen LogP contribution is -2.29. The van der Waals surface area contributed by atoms with Crippen LogP contribution < -0.4 is 15.4 Å². The number of hydrogen-bond donors (Lipinski definition) is 2. The minimum Gasteiger partial charge on any atom is -0.494 e. The largest absolute Gasteiger partial charge is 0.494 e. The summed E-state index contributed by atoms with van der Waals surface area (Å²) in [4.78, 5) is 12.2. The molecule has 0 saturated heterocycles. The van der Waals surface area contributed by atoms with Crippen LogP contribution in [0.3, 0.4) is 0 Å². The third-order valence-corrected chi connectivity index (χ3v) is 5.13. The molecule has 0 aliphatic heterocycles. The molecule has 0 saturated carbocycles. The fourth-order valence-electron chi connectivity index (χ4n) is 3.56. The van der Waals surface area contributed by atoms with Crippen LogP contribution in [-0.2, 0) is 11.2 Å². The molecule has 0 fully saturated rings. The Morgan fingerprint density at radius 3 is 2.72 bits per heavy atom. The molecule has 0 bridgehead atoms. The van der Waals surface area contributed by atoms with Crippen molar-refractivity contribution in [2.24, 2.45) is 0 Å². The van der Waals surface area contributed by atoms with Crippen molar-refractivity contribution in [1.82, 2.24) is 5.32 Å². The van der Waals surface area contributed by atoms with Gasteiger partial charge >= 0.3 is 0 Å². The number of hydrogen-bond acceptors (Lipinski definition) is 3. The van der Waals surface area contributed by atoms with Crippen LogP contribution >= 0.6 is 0 Å². The highest BCUT2D eigenvalue weighted by molar-refractivity contribution is 5.92. The second kappa shape index (κ2) is 12.1. The summed E-state index contributed by atoms with van der Waals surface area (Å²) in [5, 5.41) is 6.18. The van der Waals surface area contributed by atoms with E-state index in [1.165, 1.54) is 36.8 Å². The summed E-state index contributed by atoms with van der Waals surface area (Å²) >= 11 is 0. The SMILES string of the molecule is O=C(CNCCC1=CCCCC1)Nc1cccc(OCCCc2ccccc2)c1. The summed E-state index contributed by atoms with van der Waals surface area (Å²) in [6.07, 6.45) is 10.4. The first-order valence-electron chi connectivity index (χ1n) is 10.7. The van der Waals surface area contributed by atoms with Crippen LogP contribution in [0, 0.1) is 0 Å². The van der Waals surface area contributed by atoms with Gasteiger partial charge in [-0.3, -0.25) is 4.79 Å². The number of benzene rings is 2. The second-order valence-electron chi connectivity index (χ2n) is 7.55. The van der Waals surface area contributed by atoms with Crippen LogP contribution in [0.15, 0.2) is 66.2 Å². The zero-order valence-corrected chi connectivity index (χ0v) is 17.2. The predicted molar refractivity (Wildman–Crippen MR) is 119 cm³/mol. The maximum atomic E-state index is 12.2. The highest BCUT2D eigenvalue weighted by Gasteiger charge is 2.06. The fraction of sp³-hybridized carbons (Fsp3) is 0.400. The Hall–Kier alpha value is -2.59.